The van der Waals surface area contributed by atoms with Crippen LogP contribution >= 0.6 is 0 Å². The van der Waals surface area contributed by atoms with E-state index in [0.717, 1.165) is 12.5 Å². The summed E-state index contributed by atoms with van der Waals surface area (Å²) in [5.74, 6) is 0.752. The first kappa shape index (κ1) is 14.1. The quantitative estimate of drug-likeness (QED) is 0.884. The molecular weight excluding hydrogens is 244 g/mol. The Morgan fingerprint density at radius 1 is 1.30 bits per heavy atom. The Hall–Kier alpha value is -0.860. The van der Waals surface area contributed by atoms with Gasteiger partial charge < -0.3 is 10.2 Å². The zero-order valence-corrected chi connectivity index (χ0v) is 13.0. The van der Waals surface area contributed by atoms with Gasteiger partial charge in [0.25, 0.3) is 0 Å². The van der Waals surface area contributed by atoms with Crippen LogP contribution in [0.15, 0.2) is 18.2 Å². The van der Waals surface area contributed by atoms with Gasteiger partial charge in [-0.1, -0.05) is 30.7 Å². The molecule has 20 heavy (non-hydrogen) atoms. The van der Waals surface area contributed by atoms with Gasteiger partial charge in [-0.05, 0) is 69.3 Å². The molecule has 2 aliphatic rings. The van der Waals surface area contributed by atoms with E-state index in [-0.39, 0.29) is 0 Å². The molecule has 1 N–H and O–H groups in total. The van der Waals surface area contributed by atoms with Gasteiger partial charge >= 0.3 is 0 Å². The van der Waals surface area contributed by atoms with E-state index in [9.17, 15) is 0 Å². The Morgan fingerprint density at radius 3 is 2.90 bits per heavy atom. The summed E-state index contributed by atoms with van der Waals surface area (Å²) in [7, 11) is 0. The summed E-state index contributed by atoms with van der Waals surface area (Å²) < 4.78 is 0. The number of hydrogen-bond donors (Lipinski definition) is 1. The molecule has 1 aromatic rings. The summed E-state index contributed by atoms with van der Waals surface area (Å²) in [6.45, 7) is 9.63. The van der Waals surface area contributed by atoms with Gasteiger partial charge in [0.1, 0.15) is 0 Å². The van der Waals surface area contributed by atoms with Crippen LogP contribution in [-0.2, 0) is 6.42 Å². The fourth-order valence-corrected chi connectivity index (χ4v) is 3.75. The highest BCUT2D eigenvalue weighted by molar-refractivity contribution is 5.37. The SMILES string of the molecule is Cc1ccc2c(c1)C(NCC(C)CN1CCCC1)CC2. The van der Waals surface area contributed by atoms with Crippen LogP contribution in [0.4, 0.5) is 0 Å². The average Bonchev–Trinajstić information content (AvgIpc) is 3.05. The van der Waals surface area contributed by atoms with Crippen LogP contribution in [0.5, 0.6) is 0 Å². The lowest BCUT2D eigenvalue weighted by atomic mass is 10.0. The third-order valence-corrected chi connectivity index (χ3v) is 4.86. The second-order valence-corrected chi connectivity index (χ2v) is 6.81. The lowest BCUT2D eigenvalue weighted by molar-refractivity contribution is 0.277. The highest BCUT2D eigenvalue weighted by Gasteiger charge is 2.23. The third kappa shape index (κ3) is 3.24. The number of rotatable bonds is 5. The van der Waals surface area contributed by atoms with Crippen molar-refractivity contribution in [1.29, 1.82) is 0 Å². The molecule has 3 rings (SSSR count). The Morgan fingerprint density at radius 2 is 2.10 bits per heavy atom. The molecule has 1 aromatic carbocycles. The number of likely N-dealkylation sites (tertiary alicyclic amines) is 1. The van der Waals surface area contributed by atoms with Crippen LogP contribution in [0.2, 0.25) is 0 Å². The molecule has 2 atom stereocenters. The molecule has 0 amide bonds. The van der Waals surface area contributed by atoms with Crippen LogP contribution in [0.3, 0.4) is 0 Å². The molecule has 0 aromatic heterocycles. The predicted octanol–water partition coefficient (Wildman–Crippen LogP) is 3.30. The number of nitrogens with one attached hydrogen (secondary N) is 1. The Balaban J connectivity index is 1.51. The Kier molecular flexibility index (Phi) is 4.42. The molecule has 0 bridgehead atoms. The summed E-state index contributed by atoms with van der Waals surface area (Å²) in [6.07, 6.45) is 5.31. The van der Waals surface area contributed by atoms with Gasteiger partial charge in [-0.25, -0.2) is 0 Å². The minimum absolute atomic E-state index is 0.589. The lowest BCUT2D eigenvalue weighted by Gasteiger charge is -2.22. The van der Waals surface area contributed by atoms with Crippen molar-refractivity contribution in [2.24, 2.45) is 5.92 Å². The van der Waals surface area contributed by atoms with Gasteiger partial charge in [-0.3, -0.25) is 0 Å². The largest absolute Gasteiger partial charge is 0.310 e. The zero-order valence-electron chi connectivity index (χ0n) is 13.0. The number of benzene rings is 1. The second-order valence-electron chi connectivity index (χ2n) is 6.81. The van der Waals surface area contributed by atoms with Gasteiger partial charge in [0.15, 0.2) is 0 Å². The van der Waals surface area contributed by atoms with Crippen LogP contribution in [0.1, 0.15) is 48.9 Å². The molecule has 2 heteroatoms. The van der Waals surface area contributed by atoms with Gasteiger partial charge in [-0.15, -0.1) is 0 Å². The normalized spacial score (nSPS) is 24.0. The molecule has 1 saturated heterocycles. The number of hydrogen-bond acceptors (Lipinski definition) is 2. The first-order valence-electron chi connectivity index (χ1n) is 8.27. The van der Waals surface area contributed by atoms with E-state index in [2.05, 4.69) is 42.3 Å². The van der Waals surface area contributed by atoms with Crippen molar-refractivity contribution in [2.45, 2.75) is 45.6 Å². The standard InChI is InChI=1S/C18H28N2/c1-14-5-6-16-7-8-18(17(16)11-14)19-12-15(2)13-20-9-3-4-10-20/h5-6,11,15,18-19H,3-4,7-10,12-13H2,1-2H3. The first-order chi connectivity index (χ1) is 9.72. The number of fused-ring (bicyclic) bond motifs is 1. The molecule has 1 aliphatic carbocycles. The van der Waals surface area contributed by atoms with E-state index >= 15 is 0 Å². The fourth-order valence-electron chi connectivity index (χ4n) is 3.75. The number of aryl methyl sites for hydroxylation is 2. The minimum Gasteiger partial charge on any atom is -0.310 e. The van der Waals surface area contributed by atoms with Crippen molar-refractivity contribution in [2.75, 3.05) is 26.2 Å². The maximum Gasteiger partial charge on any atom is 0.0326 e. The highest BCUT2D eigenvalue weighted by Crippen LogP contribution is 2.31. The van der Waals surface area contributed by atoms with Crippen molar-refractivity contribution in [3.05, 3.63) is 34.9 Å². The number of nitrogens with zero attached hydrogens (tertiary/aromatic N) is 1. The summed E-state index contributed by atoms with van der Waals surface area (Å²) in [4.78, 5) is 2.62. The first-order valence-corrected chi connectivity index (χ1v) is 8.27. The third-order valence-electron chi connectivity index (χ3n) is 4.86. The monoisotopic (exact) mass is 272 g/mol. The fraction of sp³-hybridized carbons (Fsp3) is 0.667. The summed E-state index contributed by atoms with van der Waals surface area (Å²) in [5.41, 5.74) is 4.50. The maximum atomic E-state index is 3.81. The van der Waals surface area contributed by atoms with E-state index in [1.54, 1.807) is 11.1 Å². The van der Waals surface area contributed by atoms with Crippen molar-refractivity contribution in [3.63, 3.8) is 0 Å². The van der Waals surface area contributed by atoms with Crippen molar-refractivity contribution >= 4 is 0 Å². The van der Waals surface area contributed by atoms with Crippen LogP contribution in [0.25, 0.3) is 0 Å². The minimum atomic E-state index is 0.589. The van der Waals surface area contributed by atoms with E-state index in [0.29, 0.717) is 6.04 Å². The maximum absolute atomic E-state index is 3.81. The predicted molar refractivity (Wildman–Crippen MR) is 85.1 cm³/mol. The van der Waals surface area contributed by atoms with Gasteiger partial charge in [0.2, 0.25) is 0 Å². The smallest absolute Gasteiger partial charge is 0.0326 e. The summed E-state index contributed by atoms with van der Waals surface area (Å²) in [5, 5.41) is 3.81. The van der Waals surface area contributed by atoms with Crippen molar-refractivity contribution < 1.29 is 0 Å². The van der Waals surface area contributed by atoms with Gasteiger partial charge in [0.05, 0.1) is 0 Å². The van der Waals surface area contributed by atoms with Crippen LogP contribution < -0.4 is 5.32 Å². The molecule has 1 aliphatic heterocycles. The van der Waals surface area contributed by atoms with Crippen molar-refractivity contribution in [1.82, 2.24) is 10.2 Å². The second kappa shape index (κ2) is 6.28. The molecule has 1 fully saturated rings. The lowest BCUT2D eigenvalue weighted by Crippen LogP contribution is -2.32. The summed E-state index contributed by atoms with van der Waals surface area (Å²) in [6, 6.07) is 7.54. The van der Waals surface area contributed by atoms with Gasteiger partial charge in [-0.2, -0.15) is 0 Å². The van der Waals surface area contributed by atoms with Crippen LogP contribution in [0, 0.1) is 12.8 Å². The highest BCUT2D eigenvalue weighted by atomic mass is 15.1. The van der Waals surface area contributed by atoms with Gasteiger partial charge in [0, 0.05) is 12.6 Å². The molecule has 1 heterocycles. The Labute approximate surface area is 123 Å². The Bertz CT molecular complexity index is 449. The van der Waals surface area contributed by atoms with Crippen molar-refractivity contribution in [3.8, 4) is 0 Å². The topological polar surface area (TPSA) is 15.3 Å². The molecule has 110 valence electrons. The van der Waals surface area contributed by atoms with E-state index < -0.39 is 0 Å². The van der Waals surface area contributed by atoms with E-state index in [1.807, 2.05) is 0 Å². The van der Waals surface area contributed by atoms with E-state index in [1.165, 1.54) is 50.9 Å². The zero-order chi connectivity index (χ0) is 13.9. The molecular formula is C18H28N2. The molecule has 0 spiro atoms. The molecule has 0 radical (unpaired) electrons. The van der Waals surface area contributed by atoms with Crippen LogP contribution in [-0.4, -0.2) is 31.1 Å². The molecule has 2 nitrogen and oxygen atoms in total. The van der Waals surface area contributed by atoms with E-state index in [4.69, 9.17) is 0 Å². The molecule has 0 saturated carbocycles. The average molecular weight is 272 g/mol. The molecule has 2 unspecified atom stereocenters. The summed E-state index contributed by atoms with van der Waals surface area (Å²) >= 11 is 0.